The fourth-order valence-electron chi connectivity index (χ4n) is 2.25. The van der Waals surface area contributed by atoms with Crippen LogP contribution in [0.5, 0.6) is 0 Å². The van der Waals surface area contributed by atoms with Crippen LogP contribution in [0.1, 0.15) is 42.3 Å². The third-order valence-corrected chi connectivity index (χ3v) is 4.35. The topological polar surface area (TPSA) is 24.9 Å². The van der Waals surface area contributed by atoms with Crippen molar-refractivity contribution in [2.75, 3.05) is 13.6 Å². The molecule has 15 heavy (non-hydrogen) atoms. The first kappa shape index (κ1) is 11.1. The summed E-state index contributed by atoms with van der Waals surface area (Å²) < 4.78 is 0. The van der Waals surface area contributed by atoms with Crippen molar-refractivity contribution < 1.29 is 0 Å². The van der Waals surface area contributed by atoms with Crippen LogP contribution in [0.2, 0.25) is 0 Å². The van der Waals surface area contributed by atoms with Crippen molar-refractivity contribution in [2.45, 2.75) is 44.9 Å². The van der Waals surface area contributed by atoms with E-state index in [1.54, 1.807) is 0 Å². The first-order valence-electron chi connectivity index (χ1n) is 5.77. The number of fused-ring (bicyclic) bond motifs is 1. The number of likely N-dealkylation sites (N-methyl/N-ethyl adjacent to an activating group) is 1. The second-order valence-corrected chi connectivity index (χ2v) is 6.14. The summed E-state index contributed by atoms with van der Waals surface area (Å²) in [6, 6.07) is 0. The summed E-state index contributed by atoms with van der Waals surface area (Å²) in [5, 5.41) is 4.49. The molecule has 2 nitrogen and oxygen atoms in total. The van der Waals surface area contributed by atoms with Gasteiger partial charge < -0.3 is 5.32 Å². The Balaban J connectivity index is 2.22. The van der Waals surface area contributed by atoms with Crippen LogP contribution >= 0.6 is 11.3 Å². The van der Waals surface area contributed by atoms with Gasteiger partial charge in [-0.05, 0) is 26.3 Å². The van der Waals surface area contributed by atoms with Gasteiger partial charge in [-0.3, -0.25) is 0 Å². The van der Waals surface area contributed by atoms with Gasteiger partial charge in [-0.2, -0.15) is 0 Å². The number of hydrogen-bond donors (Lipinski definition) is 1. The summed E-state index contributed by atoms with van der Waals surface area (Å²) in [7, 11) is 2.00. The third kappa shape index (κ3) is 2.23. The number of rotatable bonds is 3. The largest absolute Gasteiger partial charge is 0.319 e. The van der Waals surface area contributed by atoms with Crippen molar-refractivity contribution in [1.82, 2.24) is 10.3 Å². The van der Waals surface area contributed by atoms with Crippen LogP contribution in [0.3, 0.4) is 0 Å². The second-order valence-electron chi connectivity index (χ2n) is 4.97. The molecule has 1 N–H and O–H groups in total. The van der Waals surface area contributed by atoms with Crippen LogP contribution in [-0.4, -0.2) is 18.6 Å². The summed E-state index contributed by atoms with van der Waals surface area (Å²) >= 11 is 1.93. The van der Waals surface area contributed by atoms with Crippen molar-refractivity contribution in [1.29, 1.82) is 0 Å². The van der Waals surface area contributed by atoms with Crippen molar-refractivity contribution >= 4 is 11.3 Å². The number of nitrogens with one attached hydrogen (secondary N) is 1. The molecule has 0 aromatic carbocycles. The van der Waals surface area contributed by atoms with Gasteiger partial charge in [-0.25, -0.2) is 4.98 Å². The van der Waals surface area contributed by atoms with Crippen molar-refractivity contribution in [3.63, 3.8) is 0 Å². The molecule has 0 fully saturated rings. The van der Waals surface area contributed by atoms with Gasteiger partial charge in [0.05, 0.1) is 10.7 Å². The summed E-state index contributed by atoms with van der Waals surface area (Å²) in [6.45, 7) is 5.69. The van der Waals surface area contributed by atoms with Gasteiger partial charge >= 0.3 is 0 Å². The predicted octanol–water partition coefficient (Wildman–Crippen LogP) is 2.52. The minimum Gasteiger partial charge on any atom is -0.319 e. The van der Waals surface area contributed by atoms with E-state index in [1.165, 1.54) is 34.8 Å². The Hall–Kier alpha value is -0.410. The van der Waals surface area contributed by atoms with E-state index in [0.717, 1.165) is 13.0 Å². The highest BCUT2D eigenvalue weighted by atomic mass is 32.1. The quantitative estimate of drug-likeness (QED) is 0.853. The first-order valence-corrected chi connectivity index (χ1v) is 6.59. The molecule has 0 unspecified atom stereocenters. The van der Waals surface area contributed by atoms with Gasteiger partial charge in [0.15, 0.2) is 0 Å². The average molecular weight is 224 g/mol. The molecule has 0 atom stereocenters. The lowest BCUT2D eigenvalue weighted by Crippen LogP contribution is -2.23. The minimum atomic E-state index is 0.308. The van der Waals surface area contributed by atoms with E-state index in [0.29, 0.717) is 5.41 Å². The SMILES string of the molecule is CNCCc1nc2c(s1)CCCC2(C)C. The molecular formula is C12H20N2S. The van der Waals surface area contributed by atoms with Crippen LogP contribution in [-0.2, 0) is 18.3 Å². The molecule has 0 amide bonds. The van der Waals surface area contributed by atoms with Gasteiger partial charge in [0.1, 0.15) is 0 Å². The standard InChI is InChI=1S/C12H20N2S/c1-12(2)7-4-5-9-11(12)14-10(15-9)6-8-13-3/h13H,4-8H2,1-3H3. The molecule has 0 bridgehead atoms. The van der Waals surface area contributed by atoms with Crippen molar-refractivity contribution in [3.8, 4) is 0 Å². The molecule has 0 spiro atoms. The van der Waals surface area contributed by atoms with E-state index in [4.69, 9.17) is 4.98 Å². The molecule has 1 aromatic heterocycles. The van der Waals surface area contributed by atoms with Crippen LogP contribution in [0.4, 0.5) is 0 Å². The highest BCUT2D eigenvalue weighted by Crippen LogP contribution is 2.38. The molecule has 84 valence electrons. The average Bonchev–Trinajstić information content (AvgIpc) is 2.59. The Morgan fingerprint density at radius 3 is 2.93 bits per heavy atom. The number of aromatic nitrogens is 1. The molecule has 1 aliphatic carbocycles. The van der Waals surface area contributed by atoms with Gasteiger partial charge in [-0.15, -0.1) is 11.3 Å². The Bertz CT molecular complexity index is 341. The van der Waals surface area contributed by atoms with E-state index < -0.39 is 0 Å². The smallest absolute Gasteiger partial charge is 0.0944 e. The fourth-order valence-corrected chi connectivity index (χ4v) is 3.54. The molecule has 1 heterocycles. The lowest BCUT2D eigenvalue weighted by molar-refractivity contribution is 0.423. The van der Waals surface area contributed by atoms with E-state index in [2.05, 4.69) is 19.2 Å². The lowest BCUT2D eigenvalue weighted by atomic mass is 9.79. The monoisotopic (exact) mass is 224 g/mol. The summed E-state index contributed by atoms with van der Waals surface area (Å²) in [5.41, 5.74) is 1.69. The van der Waals surface area contributed by atoms with Gasteiger partial charge in [0, 0.05) is 23.3 Å². The maximum atomic E-state index is 4.82. The number of aryl methyl sites for hydroxylation is 1. The minimum absolute atomic E-state index is 0.308. The zero-order valence-corrected chi connectivity index (χ0v) is 10.7. The molecule has 0 saturated heterocycles. The Morgan fingerprint density at radius 2 is 2.27 bits per heavy atom. The molecule has 1 aromatic rings. The summed E-state index contributed by atoms with van der Waals surface area (Å²) in [4.78, 5) is 6.36. The Labute approximate surface area is 96.1 Å². The van der Waals surface area contributed by atoms with Crippen molar-refractivity contribution in [2.24, 2.45) is 0 Å². The third-order valence-electron chi connectivity index (χ3n) is 3.18. The summed E-state index contributed by atoms with van der Waals surface area (Å²) in [6.07, 6.45) is 4.93. The molecule has 0 radical (unpaired) electrons. The van der Waals surface area contributed by atoms with Crippen LogP contribution in [0.15, 0.2) is 0 Å². The van der Waals surface area contributed by atoms with Crippen LogP contribution in [0.25, 0.3) is 0 Å². The number of nitrogens with zero attached hydrogens (tertiary/aromatic N) is 1. The normalized spacial score (nSPS) is 18.9. The maximum Gasteiger partial charge on any atom is 0.0944 e. The molecule has 2 rings (SSSR count). The van der Waals surface area contributed by atoms with E-state index >= 15 is 0 Å². The Kier molecular flexibility index (Phi) is 3.12. The zero-order valence-electron chi connectivity index (χ0n) is 9.89. The number of hydrogen-bond acceptors (Lipinski definition) is 3. The fraction of sp³-hybridized carbons (Fsp3) is 0.750. The van der Waals surface area contributed by atoms with Crippen LogP contribution in [0, 0.1) is 0 Å². The van der Waals surface area contributed by atoms with Crippen molar-refractivity contribution in [3.05, 3.63) is 15.6 Å². The summed E-state index contributed by atoms with van der Waals surface area (Å²) in [5.74, 6) is 0. The van der Waals surface area contributed by atoms with E-state index in [-0.39, 0.29) is 0 Å². The Morgan fingerprint density at radius 1 is 1.47 bits per heavy atom. The highest BCUT2D eigenvalue weighted by molar-refractivity contribution is 7.11. The predicted molar refractivity (Wildman–Crippen MR) is 65.7 cm³/mol. The second kappa shape index (κ2) is 4.22. The highest BCUT2D eigenvalue weighted by Gasteiger charge is 2.30. The first-order chi connectivity index (χ1) is 7.13. The molecule has 1 aliphatic rings. The molecule has 3 heteroatoms. The van der Waals surface area contributed by atoms with Gasteiger partial charge in [0.2, 0.25) is 0 Å². The molecular weight excluding hydrogens is 204 g/mol. The lowest BCUT2D eigenvalue weighted by Gasteiger charge is -2.28. The zero-order chi connectivity index (χ0) is 10.9. The van der Waals surface area contributed by atoms with E-state index in [9.17, 15) is 0 Å². The molecule has 0 aliphatic heterocycles. The van der Waals surface area contributed by atoms with E-state index in [1.807, 2.05) is 18.4 Å². The molecule has 0 saturated carbocycles. The van der Waals surface area contributed by atoms with Crippen LogP contribution < -0.4 is 5.32 Å². The van der Waals surface area contributed by atoms with Gasteiger partial charge in [0.25, 0.3) is 0 Å². The van der Waals surface area contributed by atoms with Gasteiger partial charge in [-0.1, -0.05) is 13.8 Å². The maximum absolute atomic E-state index is 4.82. The number of thiazole rings is 1.